The molecule has 1 aliphatic carbocycles. The summed E-state index contributed by atoms with van der Waals surface area (Å²) in [7, 11) is 0. The summed E-state index contributed by atoms with van der Waals surface area (Å²) in [5.74, 6) is -0.814. The second-order valence-corrected chi connectivity index (χ2v) is 11.6. The van der Waals surface area contributed by atoms with Crippen molar-refractivity contribution >= 4 is 35.4 Å². The standard InChI is InChI=1S/C28H35ClFN3O4/c1-18-27(37)33-20(7-10-25(35)31-14-13-28(11-12-28)24(34)17-31)3-2-4-21(33)16-32(18)26(36)9-6-19-5-8-23(30)22(29)15-19/h5-6,8-9,15,18,20-21,24,34H,2-4,7,10-14,16-17H2,1H3/t18-,20+,21-,24?/m0/s1. The molecule has 4 aliphatic rings. The Morgan fingerprint density at radius 3 is 2.70 bits per heavy atom. The van der Waals surface area contributed by atoms with Crippen molar-refractivity contribution in [1.82, 2.24) is 14.7 Å². The minimum Gasteiger partial charge on any atom is -0.391 e. The zero-order valence-corrected chi connectivity index (χ0v) is 22.0. The van der Waals surface area contributed by atoms with E-state index < -0.39 is 18.0 Å². The molecule has 1 N–H and O–H groups in total. The molecule has 3 saturated heterocycles. The van der Waals surface area contributed by atoms with Gasteiger partial charge < -0.3 is 19.8 Å². The minimum absolute atomic E-state index is 0.0122. The summed E-state index contributed by atoms with van der Waals surface area (Å²) in [6.07, 6.45) is 9.14. The molecule has 1 saturated carbocycles. The fourth-order valence-electron chi connectivity index (χ4n) is 6.32. The van der Waals surface area contributed by atoms with Crippen LogP contribution in [0.5, 0.6) is 0 Å². The SMILES string of the molecule is C[C@H]1C(=O)N2[C@@H](CCC(=O)N3CCC4(CC4)C(O)C3)CCC[C@H]2CN1C(=O)C=Cc1ccc(F)c(Cl)c1. The third kappa shape index (κ3) is 5.28. The molecule has 37 heavy (non-hydrogen) atoms. The number of carbonyl (C=O) groups is 3. The van der Waals surface area contributed by atoms with Gasteiger partial charge in [-0.2, -0.15) is 0 Å². The second kappa shape index (κ2) is 10.4. The van der Waals surface area contributed by atoms with E-state index in [4.69, 9.17) is 11.6 Å². The molecule has 1 aromatic rings. The van der Waals surface area contributed by atoms with E-state index in [-0.39, 0.29) is 40.2 Å². The average molecular weight is 532 g/mol. The van der Waals surface area contributed by atoms with E-state index in [0.717, 1.165) is 38.5 Å². The molecular formula is C28H35ClFN3O4. The molecule has 1 spiro atoms. The van der Waals surface area contributed by atoms with Crippen molar-refractivity contribution in [3.05, 3.63) is 40.7 Å². The van der Waals surface area contributed by atoms with Gasteiger partial charge in [-0.3, -0.25) is 14.4 Å². The topological polar surface area (TPSA) is 81.2 Å². The molecular weight excluding hydrogens is 497 g/mol. The van der Waals surface area contributed by atoms with Crippen molar-refractivity contribution in [3.8, 4) is 0 Å². The van der Waals surface area contributed by atoms with Crippen molar-refractivity contribution < 1.29 is 23.9 Å². The van der Waals surface area contributed by atoms with Crippen LogP contribution in [0.15, 0.2) is 24.3 Å². The van der Waals surface area contributed by atoms with Gasteiger partial charge in [0.25, 0.3) is 0 Å². The smallest absolute Gasteiger partial charge is 0.247 e. The Hall–Kier alpha value is -2.45. The number of carbonyl (C=O) groups excluding carboxylic acids is 3. The Morgan fingerprint density at radius 1 is 1.22 bits per heavy atom. The Bertz CT molecular complexity index is 1110. The predicted octanol–water partition coefficient (Wildman–Crippen LogP) is 3.63. The number of likely N-dealkylation sites (tertiary alicyclic amines) is 1. The number of aliphatic hydroxyl groups is 1. The summed E-state index contributed by atoms with van der Waals surface area (Å²) >= 11 is 5.83. The van der Waals surface area contributed by atoms with Gasteiger partial charge in [0, 0.05) is 44.2 Å². The Balaban J connectivity index is 1.18. The van der Waals surface area contributed by atoms with Crippen LogP contribution in [0.4, 0.5) is 4.39 Å². The van der Waals surface area contributed by atoms with Crippen LogP contribution in [-0.4, -0.2) is 81.4 Å². The van der Waals surface area contributed by atoms with Gasteiger partial charge in [-0.05, 0) is 81.1 Å². The molecule has 3 heterocycles. The van der Waals surface area contributed by atoms with Crippen LogP contribution in [0.2, 0.25) is 5.02 Å². The lowest BCUT2D eigenvalue weighted by Crippen LogP contribution is -2.65. The van der Waals surface area contributed by atoms with Gasteiger partial charge in [0.05, 0.1) is 11.1 Å². The maximum absolute atomic E-state index is 13.4. The Kier molecular flexibility index (Phi) is 7.33. The van der Waals surface area contributed by atoms with E-state index in [1.54, 1.807) is 28.9 Å². The molecule has 0 radical (unpaired) electrons. The van der Waals surface area contributed by atoms with Crippen molar-refractivity contribution in [2.75, 3.05) is 19.6 Å². The first-order valence-corrected chi connectivity index (χ1v) is 13.8. The number of halogens is 2. The molecule has 0 aromatic heterocycles. The molecule has 4 atom stereocenters. The number of benzene rings is 1. The number of fused-ring (bicyclic) bond motifs is 1. The molecule has 1 unspecified atom stereocenters. The quantitative estimate of drug-likeness (QED) is 0.588. The normalized spacial score (nSPS) is 29.1. The van der Waals surface area contributed by atoms with Crippen molar-refractivity contribution in [1.29, 1.82) is 0 Å². The third-order valence-electron chi connectivity index (χ3n) is 8.91. The number of aliphatic hydroxyl groups excluding tert-OH is 1. The first kappa shape index (κ1) is 26.2. The first-order valence-electron chi connectivity index (χ1n) is 13.4. The van der Waals surface area contributed by atoms with Gasteiger partial charge >= 0.3 is 0 Å². The minimum atomic E-state index is -0.603. The van der Waals surface area contributed by atoms with Gasteiger partial charge in [0.15, 0.2) is 0 Å². The van der Waals surface area contributed by atoms with E-state index in [2.05, 4.69) is 0 Å². The van der Waals surface area contributed by atoms with E-state index in [9.17, 15) is 23.9 Å². The highest BCUT2D eigenvalue weighted by Gasteiger charge is 2.52. The van der Waals surface area contributed by atoms with Crippen LogP contribution in [0.3, 0.4) is 0 Å². The van der Waals surface area contributed by atoms with E-state index in [1.165, 1.54) is 18.2 Å². The second-order valence-electron chi connectivity index (χ2n) is 11.2. The number of hydrogen-bond donors (Lipinski definition) is 1. The lowest BCUT2D eigenvalue weighted by molar-refractivity contribution is -0.158. The van der Waals surface area contributed by atoms with E-state index >= 15 is 0 Å². The summed E-state index contributed by atoms with van der Waals surface area (Å²) in [6, 6.07) is 3.56. The molecule has 3 amide bonds. The van der Waals surface area contributed by atoms with Gasteiger partial charge in [-0.25, -0.2) is 4.39 Å². The zero-order chi connectivity index (χ0) is 26.3. The Morgan fingerprint density at radius 2 is 2.00 bits per heavy atom. The number of β-amino-alcohol motifs (C(OH)–C–C–N with tert-alkyl or cyclic N) is 1. The highest BCUT2D eigenvalue weighted by atomic mass is 35.5. The summed E-state index contributed by atoms with van der Waals surface area (Å²) in [5, 5.41) is 10.4. The molecule has 3 aliphatic heterocycles. The van der Waals surface area contributed by atoms with Crippen LogP contribution >= 0.6 is 11.6 Å². The monoisotopic (exact) mass is 531 g/mol. The maximum atomic E-state index is 13.4. The zero-order valence-electron chi connectivity index (χ0n) is 21.2. The molecule has 1 aromatic carbocycles. The van der Waals surface area contributed by atoms with Crippen molar-refractivity contribution in [2.24, 2.45) is 5.41 Å². The van der Waals surface area contributed by atoms with E-state index in [1.807, 2.05) is 4.90 Å². The van der Waals surface area contributed by atoms with Crippen molar-refractivity contribution in [2.45, 2.75) is 82.5 Å². The van der Waals surface area contributed by atoms with Gasteiger partial charge in [0.1, 0.15) is 11.9 Å². The molecule has 200 valence electrons. The van der Waals surface area contributed by atoms with Gasteiger partial charge in [0.2, 0.25) is 17.7 Å². The van der Waals surface area contributed by atoms with Crippen LogP contribution in [-0.2, 0) is 14.4 Å². The van der Waals surface area contributed by atoms with Crippen LogP contribution in [0.1, 0.15) is 63.9 Å². The summed E-state index contributed by atoms with van der Waals surface area (Å²) in [4.78, 5) is 44.7. The van der Waals surface area contributed by atoms with Crippen molar-refractivity contribution in [3.63, 3.8) is 0 Å². The van der Waals surface area contributed by atoms with Gasteiger partial charge in [-0.1, -0.05) is 17.7 Å². The number of hydrogen-bond acceptors (Lipinski definition) is 4. The fourth-order valence-corrected chi connectivity index (χ4v) is 6.51. The molecule has 7 nitrogen and oxygen atoms in total. The van der Waals surface area contributed by atoms with Gasteiger partial charge in [-0.15, -0.1) is 0 Å². The molecule has 4 fully saturated rings. The first-order chi connectivity index (χ1) is 17.7. The van der Waals surface area contributed by atoms with E-state index in [0.29, 0.717) is 38.0 Å². The number of rotatable bonds is 5. The molecule has 0 bridgehead atoms. The summed E-state index contributed by atoms with van der Waals surface area (Å²) in [5.41, 5.74) is 0.669. The highest BCUT2D eigenvalue weighted by Crippen LogP contribution is 2.53. The third-order valence-corrected chi connectivity index (χ3v) is 9.20. The average Bonchev–Trinajstić information content (AvgIpc) is 3.67. The number of piperazine rings is 1. The van der Waals surface area contributed by atoms with Crippen LogP contribution in [0.25, 0.3) is 6.08 Å². The molecule has 9 heteroatoms. The number of amides is 3. The van der Waals surface area contributed by atoms with Crippen LogP contribution in [0, 0.1) is 11.2 Å². The highest BCUT2D eigenvalue weighted by molar-refractivity contribution is 6.30. The lowest BCUT2D eigenvalue weighted by atomic mass is 9.88. The summed E-state index contributed by atoms with van der Waals surface area (Å²) in [6.45, 7) is 3.32. The largest absolute Gasteiger partial charge is 0.391 e. The fraction of sp³-hybridized carbons (Fsp3) is 0.607. The Labute approximate surface area is 222 Å². The van der Waals surface area contributed by atoms with Crippen LogP contribution < -0.4 is 0 Å². The number of piperidine rings is 2. The number of nitrogens with zero attached hydrogens (tertiary/aromatic N) is 3. The lowest BCUT2D eigenvalue weighted by Gasteiger charge is -2.50. The maximum Gasteiger partial charge on any atom is 0.247 e. The summed E-state index contributed by atoms with van der Waals surface area (Å²) < 4.78 is 13.4. The predicted molar refractivity (Wildman–Crippen MR) is 138 cm³/mol. The molecule has 5 rings (SSSR count).